The Morgan fingerprint density at radius 2 is 0.737 bits per heavy atom. The van der Waals surface area contributed by atoms with Gasteiger partial charge < -0.3 is 10.2 Å². The summed E-state index contributed by atoms with van der Waals surface area (Å²) in [7, 11) is 0. The summed E-state index contributed by atoms with van der Waals surface area (Å²) in [5, 5.41) is 18.9. The Balaban J connectivity index is 1.45. The second-order valence-electron chi connectivity index (χ2n) is 9.24. The number of carbonyl (C=O) groups excluding carboxylic acids is 4. The number of aliphatic hydroxyl groups excluding tert-OH is 2. The van der Waals surface area contributed by atoms with E-state index in [1.54, 1.807) is 48.5 Å². The lowest BCUT2D eigenvalue weighted by Gasteiger charge is -2.32. The summed E-state index contributed by atoms with van der Waals surface area (Å²) in [4.78, 5) is 56.4. The van der Waals surface area contributed by atoms with Crippen molar-refractivity contribution in [2.24, 2.45) is 0 Å². The fourth-order valence-electron chi connectivity index (χ4n) is 5.23. The molecule has 0 unspecified atom stereocenters. The van der Waals surface area contributed by atoms with Crippen LogP contribution in [-0.4, -0.2) is 47.1 Å². The molecule has 6 rings (SSSR count). The van der Waals surface area contributed by atoms with Gasteiger partial charge in [0.1, 0.15) is 0 Å². The molecule has 2 aliphatic rings. The smallest absolute Gasteiger partial charge is 0.265 e. The molecule has 8 nitrogen and oxygen atoms in total. The van der Waals surface area contributed by atoms with Gasteiger partial charge in [0.05, 0.1) is 11.4 Å². The molecular formula is C30H22N2O6. The zero-order chi connectivity index (χ0) is 26.6. The molecule has 2 heterocycles. The molecular weight excluding hydrogens is 484 g/mol. The number of hydrogen-bond donors (Lipinski definition) is 2. The highest BCUT2D eigenvalue weighted by molar-refractivity contribution is 6.42. The average molecular weight is 507 g/mol. The van der Waals surface area contributed by atoms with Gasteiger partial charge >= 0.3 is 0 Å². The topological polar surface area (TPSA) is 115 Å². The normalized spacial score (nSPS) is 14.6. The third kappa shape index (κ3) is 3.46. The van der Waals surface area contributed by atoms with Crippen LogP contribution in [0.25, 0.3) is 10.8 Å². The van der Waals surface area contributed by atoms with Crippen LogP contribution in [0, 0.1) is 0 Å². The van der Waals surface area contributed by atoms with Crippen LogP contribution in [0.1, 0.15) is 52.6 Å². The predicted molar refractivity (Wildman–Crippen MR) is 141 cm³/mol. The highest BCUT2D eigenvalue weighted by atomic mass is 16.3. The van der Waals surface area contributed by atoms with E-state index in [1.807, 2.05) is 0 Å². The van der Waals surface area contributed by atoms with Crippen molar-refractivity contribution in [1.29, 1.82) is 0 Å². The molecule has 0 spiro atoms. The summed E-state index contributed by atoms with van der Waals surface area (Å²) in [6.45, 7) is -0.0181. The molecule has 4 amide bonds. The summed E-state index contributed by atoms with van der Waals surface area (Å²) >= 11 is 0. The fraction of sp³-hybridized carbons (Fsp3) is 0.133. The zero-order valence-electron chi connectivity index (χ0n) is 20.2. The molecule has 0 saturated carbocycles. The Morgan fingerprint density at radius 3 is 1.00 bits per heavy atom. The highest BCUT2D eigenvalue weighted by Crippen LogP contribution is 2.40. The van der Waals surface area contributed by atoms with Crippen LogP contribution in [0.3, 0.4) is 0 Å². The molecule has 0 aromatic heterocycles. The first kappa shape index (κ1) is 23.7. The third-order valence-electron chi connectivity index (χ3n) is 7.08. The summed E-state index contributed by atoms with van der Waals surface area (Å²) in [6.07, 6.45) is 0.920. The molecule has 0 aliphatic carbocycles. The molecule has 2 aliphatic heterocycles. The first-order chi connectivity index (χ1) is 18.4. The Hall–Kier alpha value is -4.66. The molecule has 2 N–H and O–H groups in total. The van der Waals surface area contributed by atoms with Crippen molar-refractivity contribution in [3.63, 3.8) is 0 Å². The first-order valence-corrected chi connectivity index (χ1v) is 12.2. The monoisotopic (exact) mass is 506 g/mol. The molecule has 4 aromatic rings. The SMILES string of the molecule is O=C1c2ccc3c4c(ccc(c24)C(=O)N1c1ccc(CCO)cc1)C(=O)N(c1ccc(CCO)cc1)C3=O. The van der Waals surface area contributed by atoms with E-state index in [9.17, 15) is 19.2 Å². The van der Waals surface area contributed by atoms with Gasteiger partial charge in [-0.05, 0) is 72.5 Å². The van der Waals surface area contributed by atoms with E-state index in [1.165, 1.54) is 24.3 Å². The van der Waals surface area contributed by atoms with Gasteiger partial charge in [0.15, 0.2) is 0 Å². The van der Waals surface area contributed by atoms with Gasteiger partial charge in [-0.3, -0.25) is 19.2 Å². The summed E-state index contributed by atoms with van der Waals surface area (Å²) in [5.41, 5.74) is 3.48. The van der Waals surface area contributed by atoms with Gasteiger partial charge in [0, 0.05) is 46.2 Å². The largest absolute Gasteiger partial charge is 0.396 e. The van der Waals surface area contributed by atoms with Gasteiger partial charge in [-0.25, -0.2) is 9.80 Å². The van der Waals surface area contributed by atoms with Crippen molar-refractivity contribution in [2.45, 2.75) is 12.8 Å². The Labute approximate surface area is 217 Å². The Kier molecular flexibility index (Phi) is 5.63. The second-order valence-corrected chi connectivity index (χ2v) is 9.24. The van der Waals surface area contributed by atoms with Gasteiger partial charge in [0.2, 0.25) is 0 Å². The van der Waals surface area contributed by atoms with Crippen LogP contribution in [0.15, 0.2) is 72.8 Å². The Bertz CT molecular complexity index is 1460. The standard InChI is InChI=1S/C30H22N2O6/c33-15-13-17-1-5-19(6-2-17)31-27(35)21-9-11-23-26-24(12-10-22(25(21)26)28(31)36)30(38)32(29(23)37)20-7-3-18(4-8-20)14-16-34/h1-12,33-34H,13-16H2. The van der Waals surface area contributed by atoms with E-state index in [4.69, 9.17) is 10.2 Å². The molecule has 188 valence electrons. The number of benzene rings is 4. The van der Waals surface area contributed by atoms with Gasteiger partial charge in [0.25, 0.3) is 23.6 Å². The quantitative estimate of drug-likeness (QED) is 0.387. The molecule has 0 radical (unpaired) electrons. The lowest BCUT2D eigenvalue weighted by atomic mass is 9.85. The van der Waals surface area contributed by atoms with E-state index in [2.05, 4.69) is 0 Å². The molecule has 8 heteroatoms. The van der Waals surface area contributed by atoms with Crippen LogP contribution >= 0.6 is 0 Å². The molecule has 0 bridgehead atoms. The van der Waals surface area contributed by atoms with E-state index in [-0.39, 0.29) is 35.5 Å². The second kappa shape index (κ2) is 9.02. The van der Waals surface area contributed by atoms with Crippen LogP contribution in [-0.2, 0) is 12.8 Å². The van der Waals surface area contributed by atoms with Crippen LogP contribution < -0.4 is 9.80 Å². The zero-order valence-corrected chi connectivity index (χ0v) is 20.2. The molecule has 0 atom stereocenters. The first-order valence-electron chi connectivity index (χ1n) is 12.2. The third-order valence-corrected chi connectivity index (χ3v) is 7.08. The van der Waals surface area contributed by atoms with Crippen molar-refractivity contribution in [3.05, 3.63) is 106 Å². The number of aliphatic hydroxyl groups is 2. The lowest BCUT2D eigenvalue weighted by molar-refractivity contribution is 0.0873. The number of carbonyl (C=O) groups is 4. The highest BCUT2D eigenvalue weighted by Gasteiger charge is 2.40. The van der Waals surface area contributed by atoms with E-state index < -0.39 is 23.6 Å². The summed E-state index contributed by atoms with van der Waals surface area (Å²) in [5.74, 6) is -2.16. The average Bonchev–Trinajstić information content (AvgIpc) is 2.93. The maximum atomic E-state index is 13.6. The number of anilines is 2. The number of hydrogen-bond acceptors (Lipinski definition) is 6. The number of imide groups is 2. The van der Waals surface area contributed by atoms with E-state index in [0.717, 1.165) is 20.9 Å². The van der Waals surface area contributed by atoms with Crippen LogP contribution in [0.5, 0.6) is 0 Å². The van der Waals surface area contributed by atoms with Crippen molar-refractivity contribution < 1.29 is 29.4 Å². The molecule has 38 heavy (non-hydrogen) atoms. The number of amides is 4. The summed E-state index contributed by atoms with van der Waals surface area (Å²) < 4.78 is 0. The Morgan fingerprint density at radius 1 is 0.447 bits per heavy atom. The van der Waals surface area contributed by atoms with Crippen LogP contribution in [0.2, 0.25) is 0 Å². The van der Waals surface area contributed by atoms with E-state index in [0.29, 0.717) is 35.0 Å². The lowest BCUT2D eigenvalue weighted by Crippen LogP contribution is -2.43. The van der Waals surface area contributed by atoms with Crippen molar-refractivity contribution in [1.82, 2.24) is 0 Å². The minimum atomic E-state index is -0.539. The van der Waals surface area contributed by atoms with Crippen molar-refractivity contribution in [2.75, 3.05) is 23.0 Å². The number of nitrogens with zero attached hydrogens (tertiary/aromatic N) is 2. The summed E-state index contributed by atoms with van der Waals surface area (Å²) in [6, 6.07) is 19.8. The van der Waals surface area contributed by atoms with Crippen molar-refractivity contribution in [3.8, 4) is 0 Å². The molecule has 0 fully saturated rings. The molecule has 0 saturated heterocycles. The maximum Gasteiger partial charge on any atom is 0.265 e. The van der Waals surface area contributed by atoms with Gasteiger partial charge in [-0.15, -0.1) is 0 Å². The van der Waals surface area contributed by atoms with Gasteiger partial charge in [-0.2, -0.15) is 0 Å². The van der Waals surface area contributed by atoms with Crippen molar-refractivity contribution >= 4 is 45.8 Å². The van der Waals surface area contributed by atoms with Gasteiger partial charge in [-0.1, -0.05) is 24.3 Å². The molecule has 4 aromatic carbocycles. The number of rotatable bonds is 6. The predicted octanol–water partition coefficient (Wildman–Crippen LogP) is 3.51. The minimum Gasteiger partial charge on any atom is -0.396 e. The fourth-order valence-corrected chi connectivity index (χ4v) is 5.23. The minimum absolute atomic E-state index is 0.00907. The van der Waals surface area contributed by atoms with E-state index >= 15 is 0 Å². The maximum absolute atomic E-state index is 13.6. The van der Waals surface area contributed by atoms with Crippen LogP contribution in [0.4, 0.5) is 11.4 Å².